The molecule has 0 bridgehead atoms. The van der Waals surface area contributed by atoms with Gasteiger partial charge in [0, 0.05) is 6.07 Å². The van der Waals surface area contributed by atoms with Gasteiger partial charge in [-0.15, -0.1) is 0 Å². The zero-order chi connectivity index (χ0) is 14.5. The second kappa shape index (κ2) is 6.48. The highest BCUT2D eigenvalue weighted by atomic mass is 19.1. The molecule has 0 aromatic heterocycles. The van der Waals surface area contributed by atoms with E-state index in [1.807, 2.05) is 6.92 Å². The van der Waals surface area contributed by atoms with Crippen molar-refractivity contribution in [2.24, 2.45) is 5.73 Å². The molecule has 0 fully saturated rings. The molecule has 2 aromatic rings. The summed E-state index contributed by atoms with van der Waals surface area (Å²) >= 11 is 0. The minimum absolute atomic E-state index is 0.407. The third-order valence-corrected chi connectivity index (χ3v) is 2.96. The summed E-state index contributed by atoms with van der Waals surface area (Å²) in [6, 6.07) is 9.97. The molecule has 4 heteroatoms. The predicted molar refractivity (Wildman–Crippen MR) is 74.6 cm³/mol. The van der Waals surface area contributed by atoms with Gasteiger partial charge in [-0.05, 0) is 41.8 Å². The molecule has 1 atom stereocenters. The van der Waals surface area contributed by atoms with Crippen LogP contribution in [0.3, 0.4) is 0 Å². The number of ether oxygens (including phenoxy) is 1. The maximum atomic E-state index is 13.2. The second-order valence-electron chi connectivity index (χ2n) is 4.60. The van der Waals surface area contributed by atoms with Gasteiger partial charge in [-0.2, -0.15) is 0 Å². The van der Waals surface area contributed by atoms with E-state index in [1.165, 1.54) is 12.1 Å². The first kappa shape index (κ1) is 14.5. The summed E-state index contributed by atoms with van der Waals surface area (Å²) in [5, 5.41) is 0. The first-order valence-electron chi connectivity index (χ1n) is 6.54. The summed E-state index contributed by atoms with van der Waals surface area (Å²) in [6.07, 6.45) is 0.934. The number of halogens is 2. The topological polar surface area (TPSA) is 35.2 Å². The molecule has 2 aromatic carbocycles. The van der Waals surface area contributed by atoms with Crippen LogP contribution in [0.25, 0.3) is 0 Å². The Morgan fingerprint density at radius 3 is 2.15 bits per heavy atom. The van der Waals surface area contributed by atoms with Crippen molar-refractivity contribution in [2.45, 2.75) is 19.4 Å². The molecule has 0 aliphatic rings. The molecule has 0 aliphatic carbocycles. The van der Waals surface area contributed by atoms with E-state index in [0.29, 0.717) is 12.2 Å². The molecule has 20 heavy (non-hydrogen) atoms. The molecular formula is C16H17F2NO. The van der Waals surface area contributed by atoms with Crippen molar-refractivity contribution >= 4 is 0 Å². The molecule has 106 valence electrons. The average Bonchev–Trinajstić information content (AvgIpc) is 2.44. The van der Waals surface area contributed by atoms with Crippen LogP contribution in [0, 0.1) is 11.6 Å². The van der Waals surface area contributed by atoms with Gasteiger partial charge in [0.2, 0.25) is 0 Å². The highest BCUT2D eigenvalue weighted by Gasteiger charge is 2.11. The summed E-state index contributed by atoms with van der Waals surface area (Å²) in [6.45, 7) is 2.68. The number of hydrogen-bond acceptors (Lipinski definition) is 2. The summed E-state index contributed by atoms with van der Waals surface area (Å²) in [4.78, 5) is 0. The summed E-state index contributed by atoms with van der Waals surface area (Å²) in [5.41, 5.74) is 7.21. The van der Waals surface area contributed by atoms with E-state index in [4.69, 9.17) is 10.5 Å². The van der Waals surface area contributed by atoms with Gasteiger partial charge < -0.3 is 10.5 Å². The van der Waals surface area contributed by atoms with E-state index in [2.05, 4.69) is 0 Å². The SMILES string of the molecule is CCCOc1ccc(C(N)c2cc(F)cc(F)c2)cc1. The Morgan fingerprint density at radius 1 is 1.00 bits per heavy atom. The normalized spacial score (nSPS) is 12.2. The standard InChI is InChI=1S/C16H17F2NO/c1-2-7-20-15-5-3-11(4-6-15)16(19)12-8-13(17)10-14(18)9-12/h3-6,8-10,16H,2,7,19H2,1H3. The second-order valence-corrected chi connectivity index (χ2v) is 4.60. The Balaban J connectivity index is 2.17. The Hall–Kier alpha value is -1.94. The zero-order valence-electron chi connectivity index (χ0n) is 11.3. The smallest absolute Gasteiger partial charge is 0.126 e. The Bertz CT molecular complexity index is 549. The van der Waals surface area contributed by atoms with Crippen LogP contribution < -0.4 is 10.5 Å². The van der Waals surface area contributed by atoms with Gasteiger partial charge in [-0.3, -0.25) is 0 Å². The van der Waals surface area contributed by atoms with Crippen molar-refractivity contribution in [1.29, 1.82) is 0 Å². The van der Waals surface area contributed by atoms with Crippen LogP contribution in [-0.2, 0) is 0 Å². The van der Waals surface area contributed by atoms with Crippen molar-refractivity contribution < 1.29 is 13.5 Å². The molecule has 0 spiro atoms. The van der Waals surface area contributed by atoms with Gasteiger partial charge in [0.25, 0.3) is 0 Å². The van der Waals surface area contributed by atoms with Crippen molar-refractivity contribution in [3.8, 4) is 5.75 Å². The van der Waals surface area contributed by atoms with Gasteiger partial charge in [0.15, 0.2) is 0 Å². The lowest BCUT2D eigenvalue weighted by atomic mass is 9.99. The third kappa shape index (κ3) is 3.54. The van der Waals surface area contributed by atoms with Crippen LogP contribution in [0.5, 0.6) is 5.75 Å². The lowest BCUT2D eigenvalue weighted by Gasteiger charge is -2.14. The van der Waals surface area contributed by atoms with Gasteiger partial charge in [0.05, 0.1) is 12.6 Å². The molecule has 2 N–H and O–H groups in total. The summed E-state index contributed by atoms with van der Waals surface area (Å²) in [7, 11) is 0. The molecule has 0 saturated carbocycles. The van der Waals surface area contributed by atoms with Gasteiger partial charge >= 0.3 is 0 Å². The lowest BCUT2D eigenvalue weighted by molar-refractivity contribution is 0.317. The molecule has 0 saturated heterocycles. The fourth-order valence-corrected chi connectivity index (χ4v) is 1.94. The van der Waals surface area contributed by atoms with E-state index in [9.17, 15) is 8.78 Å². The molecular weight excluding hydrogens is 260 g/mol. The molecule has 1 unspecified atom stereocenters. The van der Waals surface area contributed by atoms with Crippen molar-refractivity contribution in [1.82, 2.24) is 0 Å². The van der Waals surface area contributed by atoms with Crippen molar-refractivity contribution in [3.63, 3.8) is 0 Å². The predicted octanol–water partition coefficient (Wildman–Crippen LogP) is 3.80. The number of rotatable bonds is 5. The van der Waals surface area contributed by atoms with E-state index in [0.717, 1.165) is 23.8 Å². The zero-order valence-corrected chi connectivity index (χ0v) is 11.3. The van der Waals surface area contributed by atoms with Crippen LogP contribution in [0.15, 0.2) is 42.5 Å². The van der Waals surface area contributed by atoms with Crippen LogP contribution in [0.4, 0.5) is 8.78 Å². The maximum Gasteiger partial charge on any atom is 0.126 e. The van der Waals surface area contributed by atoms with Crippen LogP contribution >= 0.6 is 0 Å². The molecule has 0 aliphatic heterocycles. The first-order chi connectivity index (χ1) is 9.60. The molecule has 0 amide bonds. The molecule has 2 nitrogen and oxygen atoms in total. The average molecular weight is 277 g/mol. The molecule has 0 radical (unpaired) electrons. The number of hydrogen-bond donors (Lipinski definition) is 1. The largest absolute Gasteiger partial charge is 0.494 e. The van der Waals surface area contributed by atoms with E-state index < -0.39 is 17.7 Å². The quantitative estimate of drug-likeness (QED) is 0.902. The minimum atomic E-state index is -0.627. The van der Waals surface area contributed by atoms with E-state index >= 15 is 0 Å². The van der Waals surface area contributed by atoms with Crippen LogP contribution in [0.1, 0.15) is 30.5 Å². The first-order valence-corrected chi connectivity index (χ1v) is 6.54. The fourth-order valence-electron chi connectivity index (χ4n) is 1.94. The van der Waals surface area contributed by atoms with Gasteiger partial charge in [-0.25, -0.2) is 8.78 Å². The van der Waals surface area contributed by atoms with Crippen LogP contribution in [-0.4, -0.2) is 6.61 Å². The van der Waals surface area contributed by atoms with Gasteiger partial charge in [-0.1, -0.05) is 19.1 Å². The minimum Gasteiger partial charge on any atom is -0.494 e. The van der Waals surface area contributed by atoms with Crippen molar-refractivity contribution in [3.05, 3.63) is 65.2 Å². The number of nitrogens with two attached hydrogens (primary N) is 1. The fraction of sp³-hybridized carbons (Fsp3) is 0.250. The lowest BCUT2D eigenvalue weighted by Crippen LogP contribution is -2.12. The van der Waals surface area contributed by atoms with Gasteiger partial charge in [0.1, 0.15) is 17.4 Å². The monoisotopic (exact) mass is 277 g/mol. The summed E-state index contributed by atoms with van der Waals surface area (Å²) in [5.74, 6) is -0.495. The molecule has 0 heterocycles. The van der Waals surface area contributed by atoms with Crippen LogP contribution in [0.2, 0.25) is 0 Å². The molecule has 2 rings (SSSR count). The van der Waals surface area contributed by atoms with E-state index in [1.54, 1.807) is 24.3 Å². The van der Waals surface area contributed by atoms with Crippen molar-refractivity contribution in [2.75, 3.05) is 6.61 Å². The van der Waals surface area contributed by atoms with E-state index in [-0.39, 0.29) is 0 Å². The Labute approximate surface area is 117 Å². The number of benzene rings is 2. The maximum absolute atomic E-state index is 13.2. The highest BCUT2D eigenvalue weighted by Crippen LogP contribution is 2.23. The highest BCUT2D eigenvalue weighted by molar-refractivity contribution is 5.35. The Kier molecular flexibility index (Phi) is 4.69. The third-order valence-electron chi connectivity index (χ3n) is 2.96. The Morgan fingerprint density at radius 2 is 1.60 bits per heavy atom. The summed E-state index contributed by atoms with van der Waals surface area (Å²) < 4.78 is 31.9.